The fraction of sp³-hybridized carbons (Fsp3) is 0.600. The lowest BCUT2D eigenvalue weighted by Gasteiger charge is -2.43. The Morgan fingerprint density at radius 1 is 1.10 bits per heavy atom. The van der Waals surface area contributed by atoms with E-state index < -0.39 is 10.0 Å². The maximum Gasteiger partial charge on any atom is 0.243 e. The number of benzene rings is 1. The van der Waals surface area contributed by atoms with Crippen LogP contribution in [0.4, 0.5) is 0 Å². The van der Waals surface area contributed by atoms with Gasteiger partial charge in [0.25, 0.3) is 0 Å². The molecule has 2 fully saturated rings. The number of hydrogen-bond donors (Lipinski definition) is 1. The fourth-order valence-electron chi connectivity index (χ4n) is 3.29. The number of nitrogens with two attached hydrogens (primary N) is 1. The van der Waals surface area contributed by atoms with E-state index in [1.54, 1.807) is 28.6 Å². The Balaban J connectivity index is 1.78. The Morgan fingerprint density at radius 2 is 1.86 bits per heavy atom. The number of piperidine rings is 1. The van der Waals surface area contributed by atoms with Crippen LogP contribution in [0.2, 0.25) is 0 Å². The lowest BCUT2D eigenvalue weighted by Crippen LogP contribution is -2.56. The number of nitrogens with zero attached hydrogens (tertiary/aromatic N) is 2. The molecular formula is C15H23N3O2S. The fourth-order valence-corrected chi connectivity index (χ4v) is 4.76. The van der Waals surface area contributed by atoms with Crippen molar-refractivity contribution in [3.05, 3.63) is 29.8 Å². The molecule has 1 unspecified atom stereocenters. The molecule has 0 amide bonds. The Bertz CT molecular complexity index is 585. The normalized spacial score (nSPS) is 24.7. The van der Waals surface area contributed by atoms with Gasteiger partial charge in [-0.1, -0.05) is 18.6 Å². The molecule has 21 heavy (non-hydrogen) atoms. The molecule has 0 aliphatic carbocycles. The number of piperazine rings is 1. The van der Waals surface area contributed by atoms with Gasteiger partial charge in [0.15, 0.2) is 0 Å². The second kappa shape index (κ2) is 6.04. The van der Waals surface area contributed by atoms with Gasteiger partial charge in [-0.05, 0) is 37.1 Å². The van der Waals surface area contributed by atoms with Crippen molar-refractivity contribution in [1.29, 1.82) is 0 Å². The van der Waals surface area contributed by atoms with Gasteiger partial charge in [0.1, 0.15) is 0 Å². The van der Waals surface area contributed by atoms with Gasteiger partial charge >= 0.3 is 0 Å². The minimum atomic E-state index is -3.37. The maximum atomic E-state index is 12.7. The first kappa shape index (κ1) is 15.0. The van der Waals surface area contributed by atoms with Gasteiger partial charge < -0.3 is 5.73 Å². The van der Waals surface area contributed by atoms with E-state index in [4.69, 9.17) is 5.73 Å². The van der Waals surface area contributed by atoms with Crippen LogP contribution < -0.4 is 5.73 Å². The molecule has 2 N–H and O–H groups in total. The third kappa shape index (κ3) is 2.99. The van der Waals surface area contributed by atoms with E-state index in [2.05, 4.69) is 4.90 Å². The molecule has 0 bridgehead atoms. The first-order valence-corrected chi connectivity index (χ1v) is 9.08. The van der Waals surface area contributed by atoms with E-state index in [0.29, 0.717) is 30.6 Å². The van der Waals surface area contributed by atoms with E-state index in [-0.39, 0.29) is 0 Å². The molecule has 5 nitrogen and oxygen atoms in total. The summed E-state index contributed by atoms with van der Waals surface area (Å²) < 4.78 is 27.1. The van der Waals surface area contributed by atoms with Gasteiger partial charge in [-0.3, -0.25) is 4.90 Å². The lowest BCUT2D eigenvalue weighted by atomic mass is 10.0. The third-order valence-electron chi connectivity index (χ3n) is 4.60. The van der Waals surface area contributed by atoms with E-state index in [9.17, 15) is 8.42 Å². The van der Waals surface area contributed by atoms with Crippen LogP contribution in [0, 0.1) is 0 Å². The molecule has 1 aromatic rings. The second-order valence-electron chi connectivity index (χ2n) is 5.90. The topological polar surface area (TPSA) is 66.6 Å². The molecule has 0 radical (unpaired) electrons. The first-order chi connectivity index (χ1) is 10.1. The van der Waals surface area contributed by atoms with Crippen molar-refractivity contribution in [3.8, 4) is 0 Å². The summed E-state index contributed by atoms with van der Waals surface area (Å²) in [7, 11) is -3.37. The number of sulfonamides is 1. The standard InChI is InChI=1S/C15H23N3O2S/c16-11-13-4-6-15(7-5-13)21(19,20)18-10-9-17-8-2-1-3-14(17)12-18/h4-7,14H,1-3,8-12,16H2. The van der Waals surface area contributed by atoms with Crippen molar-refractivity contribution in [2.75, 3.05) is 26.2 Å². The van der Waals surface area contributed by atoms with Gasteiger partial charge in [-0.15, -0.1) is 0 Å². The maximum absolute atomic E-state index is 12.7. The van der Waals surface area contributed by atoms with Crippen LogP contribution in [0.5, 0.6) is 0 Å². The molecule has 2 aliphatic heterocycles. The number of hydrogen-bond acceptors (Lipinski definition) is 4. The van der Waals surface area contributed by atoms with Crippen LogP contribution in [0.1, 0.15) is 24.8 Å². The highest BCUT2D eigenvalue weighted by Crippen LogP contribution is 2.25. The van der Waals surface area contributed by atoms with Crippen LogP contribution in [0.3, 0.4) is 0 Å². The van der Waals surface area contributed by atoms with Gasteiger partial charge in [-0.25, -0.2) is 8.42 Å². The summed E-state index contributed by atoms with van der Waals surface area (Å²) in [4.78, 5) is 2.82. The Morgan fingerprint density at radius 3 is 2.57 bits per heavy atom. The second-order valence-corrected chi connectivity index (χ2v) is 7.83. The third-order valence-corrected chi connectivity index (χ3v) is 6.48. The van der Waals surface area contributed by atoms with Crippen molar-refractivity contribution >= 4 is 10.0 Å². The summed E-state index contributed by atoms with van der Waals surface area (Å²) in [5, 5.41) is 0. The summed E-state index contributed by atoms with van der Waals surface area (Å²) in [6.45, 7) is 3.62. The zero-order chi connectivity index (χ0) is 14.9. The minimum Gasteiger partial charge on any atom is -0.326 e. The van der Waals surface area contributed by atoms with Crippen LogP contribution in [0.25, 0.3) is 0 Å². The summed E-state index contributed by atoms with van der Waals surface area (Å²) >= 11 is 0. The molecule has 0 spiro atoms. The van der Waals surface area contributed by atoms with Crippen molar-refractivity contribution in [2.45, 2.75) is 36.7 Å². The van der Waals surface area contributed by atoms with Crippen molar-refractivity contribution in [2.24, 2.45) is 5.73 Å². The average molecular weight is 309 g/mol. The van der Waals surface area contributed by atoms with Crippen LogP contribution in [-0.2, 0) is 16.6 Å². The monoisotopic (exact) mass is 309 g/mol. The minimum absolute atomic E-state index is 0.379. The summed E-state index contributed by atoms with van der Waals surface area (Å²) in [6.07, 6.45) is 3.56. The molecule has 2 saturated heterocycles. The highest BCUT2D eigenvalue weighted by molar-refractivity contribution is 7.89. The number of rotatable bonds is 3. The summed E-state index contributed by atoms with van der Waals surface area (Å²) in [5.41, 5.74) is 6.51. The van der Waals surface area contributed by atoms with Crippen LogP contribution in [0.15, 0.2) is 29.2 Å². The lowest BCUT2D eigenvalue weighted by molar-refractivity contribution is 0.0852. The van der Waals surface area contributed by atoms with Gasteiger partial charge in [0.05, 0.1) is 4.90 Å². The van der Waals surface area contributed by atoms with Crippen molar-refractivity contribution < 1.29 is 8.42 Å². The first-order valence-electron chi connectivity index (χ1n) is 7.64. The summed E-state index contributed by atoms with van der Waals surface area (Å²) in [6, 6.07) is 7.33. The molecule has 2 aliphatic rings. The van der Waals surface area contributed by atoms with Crippen LogP contribution in [-0.4, -0.2) is 49.8 Å². The average Bonchev–Trinajstić information content (AvgIpc) is 2.54. The number of fused-ring (bicyclic) bond motifs is 1. The van der Waals surface area contributed by atoms with E-state index >= 15 is 0 Å². The predicted molar refractivity (Wildman–Crippen MR) is 82.3 cm³/mol. The van der Waals surface area contributed by atoms with Crippen molar-refractivity contribution in [3.63, 3.8) is 0 Å². The van der Waals surface area contributed by atoms with Gasteiger partial charge in [0, 0.05) is 32.2 Å². The van der Waals surface area contributed by atoms with E-state index in [0.717, 1.165) is 25.1 Å². The summed E-state index contributed by atoms with van der Waals surface area (Å²) in [5.74, 6) is 0. The van der Waals surface area contributed by atoms with E-state index in [1.807, 2.05) is 0 Å². The van der Waals surface area contributed by atoms with Gasteiger partial charge in [0.2, 0.25) is 10.0 Å². The Labute approximate surface area is 126 Å². The largest absolute Gasteiger partial charge is 0.326 e. The molecule has 0 aromatic heterocycles. The molecule has 3 rings (SSSR count). The quantitative estimate of drug-likeness (QED) is 0.905. The Hall–Kier alpha value is -0.950. The zero-order valence-electron chi connectivity index (χ0n) is 12.2. The van der Waals surface area contributed by atoms with Crippen molar-refractivity contribution in [1.82, 2.24) is 9.21 Å². The zero-order valence-corrected chi connectivity index (χ0v) is 13.1. The highest BCUT2D eigenvalue weighted by atomic mass is 32.2. The van der Waals surface area contributed by atoms with Crippen LogP contribution >= 0.6 is 0 Å². The van der Waals surface area contributed by atoms with Gasteiger partial charge in [-0.2, -0.15) is 4.31 Å². The molecule has 6 heteroatoms. The molecule has 1 aromatic carbocycles. The molecule has 1 atom stereocenters. The molecular weight excluding hydrogens is 286 g/mol. The molecule has 0 saturated carbocycles. The molecule has 2 heterocycles. The highest BCUT2D eigenvalue weighted by Gasteiger charge is 2.34. The Kier molecular flexibility index (Phi) is 4.31. The predicted octanol–water partition coefficient (Wildman–Crippen LogP) is 1.00. The SMILES string of the molecule is NCc1ccc(S(=O)(=O)N2CCN3CCCCC3C2)cc1. The molecule has 116 valence electrons. The smallest absolute Gasteiger partial charge is 0.243 e. The van der Waals surface area contributed by atoms with E-state index in [1.165, 1.54) is 12.8 Å².